The number of unbranched alkanes of at least 4 members (excludes halogenated alkanes) is 2. The van der Waals surface area contributed by atoms with Crippen molar-refractivity contribution >= 4 is 21.9 Å². The van der Waals surface area contributed by atoms with Gasteiger partial charge >= 0.3 is 0 Å². The third-order valence-corrected chi connectivity index (χ3v) is 6.15. The van der Waals surface area contributed by atoms with Gasteiger partial charge in [0.1, 0.15) is 5.52 Å². The van der Waals surface area contributed by atoms with Gasteiger partial charge in [0.2, 0.25) is 0 Å². The molecule has 30 heavy (non-hydrogen) atoms. The predicted octanol–water partition coefficient (Wildman–Crippen LogP) is 7.02. The summed E-state index contributed by atoms with van der Waals surface area (Å²) in [5.74, 6) is 0.646. The van der Waals surface area contributed by atoms with E-state index in [1.807, 2.05) is 16.8 Å². The number of benzene rings is 2. The Hall–Kier alpha value is -2.62. The maximum absolute atomic E-state index is 4.55. The third kappa shape index (κ3) is 3.76. The number of hydrogen-bond donors (Lipinski definition) is 0. The first-order chi connectivity index (χ1) is 14.5. The highest BCUT2D eigenvalue weighted by Crippen LogP contribution is 2.35. The van der Waals surface area contributed by atoms with Gasteiger partial charge < -0.3 is 4.57 Å². The fourth-order valence-electron chi connectivity index (χ4n) is 4.75. The topological polar surface area (TPSA) is 35.6 Å². The quantitative estimate of drug-likeness (QED) is 0.297. The number of hydrogen-bond acceptors (Lipinski definition) is 2. The van der Waals surface area contributed by atoms with E-state index in [0.717, 1.165) is 23.1 Å². The van der Waals surface area contributed by atoms with Gasteiger partial charge in [0.05, 0.1) is 16.7 Å². The maximum atomic E-state index is 4.55. The minimum absolute atomic E-state index is 0.455. The van der Waals surface area contributed by atoms with Crippen LogP contribution in [0.15, 0.2) is 42.5 Å². The molecule has 2 aromatic carbocycles. The number of nitrogens with zero attached hydrogens (tertiary/aromatic N) is 4. The lowest BCUT2D eigenvalue weighted by Gasteiger charge is -2.18. The second kappa shape index (κ2) is 8.63. The Labute approximate surface area is 179 Å². The van der Waals surface area contributed by atoms with E-state index < -0.39 is 0 Å². The van der Waals surface area contributed by atoms with Crippen LogP contribution >= 0.6 is 0 Å². The molecule has 0 fully saturated rings. The van der Waals surface area contributed by atoms with Gasteiger partial charge in [0.25, 0.3) is 0 Å². The molecule has 0 saturated heterocycles. The van der Waals surface area contributed by atoms with E-state index in [1.165, 1.54) is 47.8 Å². The van der Waals surface area contributed by atoms with E-state index in [1.54, 1.807) is 0 Å². The molecule has 0 radical (unpaired) electrons. The number of aromatic nitrogens is 4. The molecule has 158 valence electrons. The van der Waals surface area contributed by atoms with Crippen molar-refractivity contribution in [3.63, 3.8) is 0 Å². The first-order valence-corrected chi connectivity index (χ1v) is 11.5. The number of para-hydroxylation sites is 1. The van der Waals surface area contributed by atoms with Crippen LogP contribution in [-0.2, 0) is 6.42 Å². The summed E-state index contributed by atoms with van der Waals surface area (Å²) in [6.07, 6.45) is 6.12. The van der Waals surface area contributed by atoms with Crippen LogP contribution in [0.2, 0.25) is 0 Å². The molecule has 0 aliphatic heterocycles. The van der Waals surface area contributed by atoms with Gasteiger partial charge in [0, 0.05) is 17.1 Å². The van der Waals surface area contributed by atoms with Crippen molar-refractivity contribution in [2.75, 3.05) is 0 Å². The van der Waals surface area contributed by atoms with Crippen molar-refractivity contribution in [1.82, 2.24) is 19.6 Å². The van der Waals surface area contributed by atoms with Crippen molar-refractivity contribution in [1.29, 1.82) is 0 Å². The van der Waals surface area contributed by atoms with Crippen LogP contribution in [0.1, 0.15) is 70.7 Å². The van der Waals surface area contributed by atoms with Crippen LogP contribution in [0, 0.1) is 12.8 Å². The smallest absolute Gasteiger partial charge is 0.113 e. The molecule has 4 heteroatoms. The molecule has 2 heterocycles. The first-order valence-electron chi connectivity index (χ1n) is 11.5. The van der Waals surface area contributed by atoms with E-state index in [-0.39, 0.29) is 0 Å². The maximum Gasteiger partial charge on any atom is 0.113 e. The summed E-state index contributed by atoms with van der Waals surface area (Å²) in [7, 11) is 0. The standard InChI is InChI=1S/C26H34N4/c1-6-7-8-11-19(4)29-20(5)26(30-24-13-10-9-12-23(24)27-28-30)22-15-14-21(16-18(2)3)17-25(22)29/h9-10,12-15,17-19H,6-8,11,16H2,1-5H3. The summed E-state index contributed by atoms with van der Waals surface area (Å²) in [6.45, 7) is 11.4. The molecule has 1 unspecified atom stereocenters. The number of fused-ring (bicyclic) bond motifs is 2. The van der Waals surface area contributed by atoms with Gasteiger partial charge in [-0.05, 0) is 56.4 Å². The molecule has 4 rings (SSSR count). The van der Waals surface area contributed by atoms with E-state index in [4.69, 9.17) is 0 Å². The Balaban J connectivity index is 1.91. The normalized spacial score (nSPS) is 13.0. The molecule has 0 bridgehead atoms. The zero-order valence-corrected chi connectivity index (χ0v) is 19.0. The molecule has 0 aliphatic carbocycles. The molecule has 0 spiro atoms. The fourth-order valence-corrected chi connectivity index (χ4v) is 4.75. The fraction of sp³-hybridized carbons (Fsp3) is 0.462. The Kier molecular flexibility index (Phi) is 5.94. The Morgan fingerprint density at radius 1 is 0.967 bits per heavy atom. The lowest BCUT2D eigenvalue weighted by Crippen LogP contribution is -2.08. The summed E-state index contributed by atoms with van der Waals surface area (Å²) < 4.78 is 4.57. The molecular formula is C26H34N4. The molecule has 0 aliphatic rings. The van der Waals surface area contributed by atoms with E-state index in [9.17, 15) is 0 Å². The van der Waals surface area contributed by atoms with Crippen LogP contribution in [-0.4, -0.2) is 19.6 Å². The Morgan fingerprint density at radius 3 is 2.53 bits per heavy atom. The van der Waals surface area contributed by atoms with Gasteiger partial charge in [-0.3, -0.25) is 0 Å². The van der Waals surface area contributed by atoms with Crippen molar-refractivity contribution in [3.05, 3.63) is 53.7 Å². The Bertz CT molecular complexity index is 1150. The Morgan fingerprint density at radius 2 is 1.77 bits per heavy atom. The average molecular weight is 403 g/mol. The zero-order valence-electron chi connectivity index (χ0n) is 19.0. The second-order valence-electron chi connectivity index (χ2n) is 9.09. The lowest BCUT2D eigenvalue weighted by atomic mass is 10.0. The van der Waals surface area contributed by atoms with E-state index >= 15 is 0 Å². The molecule has 4 aromatic rings. The number of rotatable bonds is 8. The van der Waals surface area contributed by atoms with Crippen LogP contribution in [0.3, 0.4) is 0 Å². The minimum Gasteiger partial charge on any atom is -0.340 e. The van der Waals surface area contributed by atoms with Crippen molar-refractivity contribution < 1.29 is 0 Å². The highest BCUT2D eigenvalue weighted by atomic mass is 15.4. The molecule has 4 nitrogen and oxygen atoms in total. The van der Waals surface area contributed by atoms with Gasteiger partial charge in [-0.25, -0.2) is 4.68 Å². The first kappa shape index (κ1) is 20.6. The van der Waals surface area contributed by atoms with Crippen LogP contribution in [0.4, 0.5) is 0 Å². The summed E-state index contributed by atoms with van der Waals surface area (Å²) in [5, 5.41) is 10.2. The summed E-state index contributed by atoms with van der Waals surface area (Å²) in [5.41, 5.74) is 7.16. The largest absolute Gasteiger partial charge is 0.340 e. The highest BCUT2D eigenvalue weighted by Gasteiger charge is 2.21. The molecule has 1 atom stereocenters. The predicted molar refractivity (Wildman–Crippen MR) is 126 cm³/mol. The van der Waals surface area contributed by atoms with Crippen LogP contribution in [0.5, 0.6) is 0 Å². The van der Waals surface area contributed by atoms with Gasteiger partial charge in [-0.1, -0.05) is 69.5 Å². The van der Waals surface area contributed by atoms with Crippen LogP contribution < -0.4 is 0 Å². The van der Waals surface area contributed by atoms with Crippen molar-refractivity contribution in [2.24, 2.45) is 5.92 Å². The highest BCUT2D eigenvalue weighted by molar-refractivity contribution is 5.93. The summed E-state index contributed by atoms with van der Waals surface area (Å²) >= 11 is 0. The minimum atomic E-state index is 0.455. The summed E-state index contributed by atoms with van der Waals surface area (Å²) in [4.78, 5) is 0. The molecule has 0 N–H and O–H groups in total. The molecule has 0 amide bonds. The van der Waals surface area contributed by atoms with E-state index in [2.05, 4.69) is 79.8 Å². The molecule has 0 saturated carbocycles. The average Bonchev–Trinajstić information content (AvgIpc) is 3.25. The SMILES string of the molecule is CCCCCC(C)n1c(C)c(-n2nnc3ccccc32)c2ccc(CC(C)C)cc21. The summed E-state index contributed by atoms with van der Waals surface area (Å²) in [6, 6.07) is 15.7. The van der Waals surface area contributed by atoms with Gasteiger partial charge in [0.15, 0.2) is 0 Å². The monoisotopic (exact) mass is 402 g/mol. The third-order valence-electron chi connectivity index (χ3n) is 6.15. The second-order valence-corrected chi connectivity index (χ2v) is 9.09. The van der Waals surface area contributed by atoms with Crippen molar-refractivity contribution in [2.45, 2.75) is 72.8 Å². The molecular weight excluding hydrogens is 368 g/mol. The zero-order chi connectivity index (χ0) is 21.3. The van der Waals surface area contributed by atoms with E-state index in [0.29, 0.717) is 12.0 Å². The van der Waals surface area contributed by atoms with Gasteiger partial charge in [-0.15, -0.1) is 5.10 Å². The molecule has 2 aromatic heterocycles. The van der Waals surface area contributed by atoms with Crippen molar-refractivity contribution in [3.8, 4) is 5.69 Å². The van der Waals surface area contributed by atoms with Gasteiger partial charge in [-0.2, -0.15) is 0 Å². The van der Waals surface area contributed by atoms with Crippen LogP contribution in [0.25, 0.3) is 27.6 Å². The lowest BCUT2D eigenvalue weighted by molar-refractivity contribution is 0.481.